The Balaban J connectivity index is 1.73. The molecule has 3 rings (SSSR count). The minimum atomic E-state index is -3.84. The molecule has 0 bridgehead atoms. The van der Waals surface area contributed by atoms with Crippen LogP contribution in [0, 0.1) is 0 Å². The van der Waals surface area contributed by atoms with Crippen LogP contribution in [0.25, 0.3) is 0 Å². The van der Waals surface area contributed by atoms with E-state index in [0.29, 0.717) is 29.3 Å². The van der Waals surface area contributed by atoms with E-state index in [1.54, 1.807) is 48.5 Å². The van der Waals surface area contributed by atoms with E-state index in [0.717, 1.165) is 0 Å². The first-order valence-electron chi connectivity index (χ1n) is 9.82. The molecule has 0 unspecified atom stereocenters. The molecule has 0 aliphatic heterocycles. The molecular weight excluding hydrogens is 430 g/mol. The van der Waals surface area contributed by atoms with Gasteiger partial charge in [-0.25, -0.2) is 8.42 Å². The number of para-hydroxylation sites is 1. The topological polar surface area (TPSA) is 114 Å². The van der Waals surface area contributed by atoms with Crippen molar-refractivity contribution < 1.29 is 22.7 Å². The molecule has 0 aromatic heterocycles. The van der Waals surface area contributed by atoms with E-state index in [-0.39, 0.29) is 16.4 Å². The van der Waals surface area contributed by atoms with Gasteiger partial charge in [0.05, 0.1) is 22.8 Å². The van der Waals surface area contributed by atoms with Crippen molar-refractivity contribution in [2.24, 2.45) is 0 Å². The summed E-state index contributed by atoms with van der Waals surface area (Å²) in [7, 11) is -2.34. The summed E-state index contributed by atoms with van der Waals surface area (Å²) in [6.07, 6.45) is 0. The number of sulfonamides is 1. The molecule has 0 radical (unpaired) electrons. The fourth-order valence-electron chi connectivity index (χ4n) is 2.90. The molecule has 8 nitrogen and oxygen atoms in total. The second-order valence-corrected chi connectivity index (χ2v) is 8.35. The molecule has 3 aromatic carbocycles. The highest BCUT2D eigenvalue weighted by Gasteiger charge is 2.17. The highest BCUT2D eigenvalue weighted by atomic mass is 32.2. The van der Waals surface area contributed by atoms with Crippen molar-refractivity contribution in [1.82, 2.24) is 5.32 Å². The second kappa shape index (κ2) is 9.97. The number of benzene rings is 3. The molecule has 2 amide bonds. The van der Waals surface area contributed by atoms with Gasteiger partial charge < -0.3 is 15.4 Å². The van der Waals surface area contributed by atoms with Crippen LogP contribution in [-0.2, 0) is 10.0 Å². The van der Waals surface area contributed by atoms with Crippen LogP contribution < -0.4 is 20.1 Å². The van der Waals surface area contributed by atoms with Gasteiger partial charge in [0.15, 0.2) is 0 Å². The van der Waals surface area contributed by atoms with Gasteiger partial charge in [-0.15, -0.1) is 0 Å². The van der Waals surface area contributed by atoms with E-state index in [9.17, 15) is 18.0 Å². The zero-order chi connectivity index (χ0) is 23.1. The Morgan fingerprint density at radius 2 is 1.53 bits per heavy atom. The Morgan fingerprint density at radius 3 is 2.16 bits per heavy atom. The number of carbonyl (C=O) groups excluding carboxylic acids is 2. The van der Waals surface area contributed by atoms with E-state index >= 15 is 0 Å². The first kappa shape index (κ1) is 22.8. The Kier molecular flexibility index (Phi) is 7.11. The first-order valence-corrected chi connectivity index (χ1v) is 11.3. The van der Waals surface area contributed by atoms with E-state index < -0.39 is 15.9 Å². The molecular formula is C23H23N3O5S. The molecule has 0 atom stereocenters. The van der Waals surface area contributed by atoms with Crippen molar-refractivity contribution in [3.05, 3.63) is 83.9 Å². The van der Waals surface area contributed by atoms with Gasteiger partial charge in [-0.2, -0.15) is 0 Å². The molecule has 0 saturated heterocycles. The van der Waals surface area contributed by atoms with Crippen LogP contribution in [0.5, 0.6) is 5.75 Å². The average Bonchev–Trinajstić information content (AvgIpc) is 2.80. The number of rotatable bonds is 8. The van der Waals surface area contributed by atoms with Gasteiger partial charge in [0, 0.05) is 18.3 Å². The van der Waals surface area contributed by atoms with E-state index in [1.807, 2.05) is 6.92 Å². The third-order valence-corrected chi connectivity index (χ3v) is 5.89. The molecule has 166 valence electrons. The molecule has 0 spiro atoms. The van der Waals surface area contributed by atoms with Crippen molar-refractivity contribution in [3.63, 3.8) is 0 Å². The monoisotopic (exact) mass is 453 g/mol. The molecule has 3 N–H and O–H groups in total. The Morgan fingerprint density at radius 1 is 0.875 bits per heavy atom. The summed E-state index contributed by atoms with van der Waals surface area (Å²) in [4.78, 5) is 24.6. The summed E-state index contributed by atoms with van der Waals surface area (Å²) in [5.41, 5.74) is 1.31. The van der Waals surface area contributed by atoms with Crippen LogP contribution in [0.15, 0.2) is 77.7 Å². The molecule has 32 heavy (non-hydrogen) atoms. The van der Waals surface area contributed by atoms with Crippen LogP contribution >= 0.6 is 0 Å². The van der Waals surface area contributed by atoms with Crippen molar-refractivity contribution in [3.8, 4) is 5.75 Å². The molecule has 0 aliphatic rings. The minimum Gasteiger partial charge on any atom is -0.494 e. The Labute approximate surface area is 186 Å². The average molecular weight is 454 g/mol. The number of amides is 2. The number of hydrogen-bond acceptors (Lipinski definition) is 5. The standard InChI is InChI=1S/C23H23N3O5S/c1-3-31-18-12-10-17(11-13-18)26-32(29,30)19-14-8-16(9-15-19)22(27)25-21-7-5-4-6-20(21)23(28)24-2/h4-15,26H,3H2,1-2H3,(H,24,28)(H,25,27). The fraction of sp³-hybridized carbons (Fsp3) is 0.130. The lowest BCUT2D eigenvalue weighted by molar-refractivity contribution is 0.0964. The van der Waals surface area contributed by atoms with Gasteiger partial charge in [-0.3, -0.25) is 14.3 Å². The number of nitrogens with one attached hydrogen (secondary N) is 3. The third-order valence-electron chi connectivity index (χ3n) is 4.49. The predicted molar refractivity (Wildman–Crippen MR) is 123 cm³/mol. The lowest BCUT2D eigenvalue weighted by atomic mass is 10.1. The molecule has 0 heterocycles. The predicted octanol–water partition coefficient (Wildman–Crippen LogP) is 3.50. The van der Waals surface area contributed by atoms with Gasteiger partial charge in [0.25, 0.3) is 21.8 Å². The maximum absolute atomic E-state index is 12.6. The zero-order valence-corrected chi connectivity index (χ0v) is 18.4. The molecule has 3 aromatic rings. The number of carbonyl (C=O) groups is 2. The van der Waals surface area contributed by atoms with Crippen LogP contribution in [0.4, 0.5) is 11.4 Å². The number of hydrogen-bond donors (Lipinski definition) is 3. The second-order valence-electron chi connectivity index (χ2n) is 6.67. The van der Waals surface area contributed by atoms with Gasteiger partial charge in [0.2, 0.25) is 0 Å². The summed E-state index contributed by atoms with van der Waals surface area (Å²) < 4.78 is 33.1. The molecule has 0 saturated carbocycles. The van der Waals surface area contributed by atoms with Crippen LogP contribution in [0.1, 0.15) is 27.6 Å². The molecule has 0 fully saturated rings. The lowest BCUT2D eigenvalue weighted by Gasteiger charge is -2.11. The summed E-state index contributed by atoms with van der Waals surface area (Å²) in [5, 5.41) is 5.20. The zero-order valence-electron chi connectivity index (χ0n) is 17.6. The van der Waals surface area contributed by atoms with Crippen LogP contribution in [0.2, 0.25) is 0 Å². The molecule has 0 aliphatic carbocycles. The summed E-state index contributed by atoms with van der Waals surface area (Å²) >= 11 is 0. The SMILES string of the molecule is CCOc1ccc(NS(=O)(=O)c2ccc(C(=O)Nc3ccccc3C(=O)NC)cc2)cc1. The van der Waals surface area contributed by atoms with E-state index in [1.165, 1.54) is 31.3 Å². The summed E-state index contributed by atoms with van der Waals surface area (Å²) in [5.74, 6) is -0.156. The highest BCUT2D eigenvalue weighted by Crippen LogP contribution is 2.21. The summed E-state index contributed by atoms with van der Waals surface area (Å²) in [6, 6.07) is 18.7. The first-order chi connectivity index (χ1) is 15.3. The Bertz CT molecular complexity index is 1210. The maximum Gasteiger partial charge on any atom is 0.261 e. The van der Waals surface area contributed by atoms with Gasteiger partial charge in [-0.05, 0) is 67.6 Å². The van der Waals surface area contributed by atoms with E-state index in [4.69, 9.17) is 4.74 Å². The van der Waals surface area contributed by atoms with Crippen molar-refractivity contribution >= 4 is 33.2 Å². The normalized spacial score (nSPS) is 10.8. The van der Waals surface area contributed by atoms with Crippen LogP contribution in [-0.4, -0.2) is 33.9 Å². The quantitative estimate of drug-likeness (QED) is 0.483. The van der Waals surface area contributed by atoms with E-state index in [2.05, 4.69) is 15.4 Å². The highest BCUT2D eigenvalue weighted by molar-refractivity contribution is 7.92. The Hall–Kier alpha value is -3.85. The van der Waals surface area contributed by atoms with Crippen molar-refractivity contribution in [2.75, 3.05) is 23.7 Å². The number of anilines is 2. The third kappa shape index (κ3) is 5.44. The maximum atomic E-state index is 12.6. The van der Waals surface area contributed by atoms with Gasteiger partial charge in [-0.1, -0.05) is 12.1 Å². The smallest absolute Gasteiger partial charge is 0.261 e. The number of ether oxygens (including phenoxy) is 1. The van der Waals surface area contributed by atoms with Gasteiger partial charge in [0.1, 0.15) is 5.75 Å². The minimum absolute atomic E-state index is 0.00805. The fourth-order valence-corrected chi connectivity index (χ4v) is 3.96. The lowest BCUT2D eigenvalue weighted by Crippen LogP contribution is -2.21. The summed E-state index contributed by atoms with van der Waals surface area (Å²) in [6.45, 7) is 2.38. The van der Waals surface area contributed by atoms with Gasteiger partial charge >= 0.3 is 0 Å². The van der Waals surface area contributed by atoms with Crippen molar-refractivity contribution in [1.29, 1.82) is 0 Å². The van der Waals surface area contributed by atoms with Crippen LogP contribution in [0.3, 0.4) is 0 Å². The van der Waals surface area contributed by atoms with Crippen molar-refractivity contribution in [2.45, 2.75) is 11.8 Å². The molecule has 9 heteroatoms. The largest absolute Gasteiger partial charge is 0.494 e.